The van der Waals surface area contributed by atoms with Gasteiger partial charge in [0.15, 0.2) is 0 Å². The van der Waals surface area contributed by atoms with Gasteiger partial charge in [-0.25, -0.2) is 0 Å². The minimum Gasteiger partial charge on any atom is -0.496 e. The predicted molar refractivity (Wildman–Crippen MR) is 64.4 cm³/mol. The van der Waals surface area contributed by atoms with Crippen LogP contribution in [0, 0.1) is 11.3 Å². The highest BCUT2D eigenvalue weighted by Crippen LogP contribution is 2.30. The van der Waals surface area contributed by atoms with Crippen molar-refractivity contribution in [3.8, 4) is 17.6 Å². The fourth-order valence-electron chi connectivity index (χ4n) is 2.00. The molecule has 0 bridgehead atoms. The number of nitrogens with zero attached hydrogens (tertiary/aromatic N) is 1. The highest BCUT2D eigenvalue weighted by Gasteiger charge is 2.20. The maximum atomic E-state index is 9.00. The molecule has 0 aromatic heterocycles. The SMILES string of the molecule is COc1cc(CC2CCN2)c(OC)cc1C#N. The van der Waals surface area contributed by atoms with E-state index in [1.807, 2.05) is 6.07 Å². The van der Waals surface area contributed by atoms with Crippen LogP contribution in [-0.2, 0) is 6.42 Å². The van der Waals surface area contributed by atoms with E-state index >= 15 is 0 Å². The Balaban J connectivity index is 2.31. The van der Waals surface area contributed by atoms with Crippen molar-refractivity contribution in [3.05, 3.63) is 23.3 Å². The summed E-state index contributed by atoms with van der Waals surface area (Å²) in [7, 11) is 3.20. The van der Waals surface area contributed by atoms with E-state index in [4.69, 9.17) is 14.7 Å². The van der Waals surface area contributed by atoms with E-state index in [0.29, 0.717) is 17.4 Å². The summed E-state index contributed by atoms with van der Waals surface area (Å²) in [5.74, 6) is 1.37. The summed E-state index contributed by atoms with van der Waals surface area (Å²) in [6.07, 6.45) is 2.09. The molecule has 1 aromatic rings. The molecule has 4 heteroatoms. The lowest BCUT2D eigenvalue weighted by Crippen LogP contribution is -2.44. The largest absolute Gasteiger partial charge is 0.496 e. The Bertz CT molecular complexity index is 447. The average Bonchev–Trinajstić information content (AvgIpc) is 2.32. The van der Waals surface area contributed by atoms with Crippen molar-refractivity contribution >= 4 is 0 Å². The van der Waals surface area contributed by atoms with Gasteiger partial charge < -0.3 is 14.8 Å². The predicted octanol–water partition coefficient (Wildman–Crippen LogP) is 1.48. The molecule has 90 valence electrons. The van der Waals surface area contributed by atoms with E-state index in [9.17, 15) is 0 Å². The number of ether oxygens (including phenoxy) is 2. The summed E-state index contributed by atoms with van der Waals surface area (Å²) in [4.78, 5) is 0. The molecule has 4 nitrogen and oxygen atoms in total. The molecular weight excluding hydrogens is 216 g/mol. The fraction of sp³-hybridized carbons (Fsp3) is 0.462. The number of hydrogen-bond donors (Lipinski definition) is 1. The molecular formula is C13H16N2O2. The van der Waals surface area contributed by atoms with Crippen LogP contribution in [0.15, 0.2) is 12.1 Å². The zero-order valence-electron chi connectivity index (χ0n) is 10.1. The van der Waals surface area contributed by atoms with E-state index in [2.05, 4.69) is 11.4 Å². The maximum absolute atomic E-state index is 9.00. The Kier molecular flexibility index (Phi) is 3.50. The lowest BCUT2D eigenvalue weighted by molar-refractivity contribution is 0.356. The quantitative estimate of drug-likeness (QED) is 0.854. The first kappa shape index (κ1) is 11.7. The third kappa shape index (κ3) is 2.34. The van der Waals surface area contributed by atoms with E-state index in [-0.39, 0.29) is 0 Å². The number of nitrogens with one attached hydrogen (secondary N) is 1. The van der Waals surface area contributed by atoms with Crippen LogP contribution in [0.3, 0.4) is 0 Å². The molecule has 17 heavy (non-hydrogen) atoms. The summed E-state index contributed by atoms with van der Waals surface area (Å²) < 4.78 is 10.5. The van der Waals surface area contributed by atoms with Crippen LogP contribution in [-0.4, -0.2) is 26.8 Å². The van der Waals surface area contributed by atoms with Gasteiger partial charge in [-0.2, -0.15) is 5.26 Å². The van der Waals surface area contributed by atoms with Crippen LogP contribution in [0.5, 0.6) is 11.5 Å². The molecule has 2 rings (SSSR count). The Morgan fingerprint density at radius 3 is 2.53 bits per heavy atom. The summed E-state index contributed by atoms with van der Waals surface area (Å²) in [5, 5.41) is 12.4. The van der Waals surface area contributed by atoms with E-state index in [0.717, 1.165) is 24.3 Å². The fourth-order valence-corrected chi connectivity index (χ4v) is 2.00. The molecule has 1 saturated heterocycles. The minimum absolute atomic E-state index is 0.509. The van der Waals surface area contributed by atoms with Gasteiger partial charge in [0.1, 0.15) is 17.6 Å². The van der Waals surface area contributed by atoms with Crippen molar-refractivity contribution in [2.75, 3.05) is 20.8 Å². The minimum atomic E-state index is 0.509. The zero-order valence-corrected chi connectivity index (χ0v) is 10.1. The molecule has 1 unspecified atom stereocenters. The van der Waals surface area contributed by atoms with Gasteiger partial charge in [-0.05, 0) is 31.0 Å². The van der Waals surface area contributed by atoms with Crippen molar-refractivity contribution < 1.29 is 9.47 Å². The maximum Gasteiger partial charge on any atom is 0.137 e. The number of methoxy groups -OCH3 is 2. The molecule has 1 aliphatic rings. The third-order valence-electron chi connectivity index (χ3n) is 3.12. The summed E-state index contributed by atoms with van der Waals surface area (Å²) in [6.45, 7) is 1.08. The molecule has 0 amide bonds. The van der Waals surface area contributed by atoms with Crippen LogP contribution < -0.4 is 14.8 Å². The first-order valence-corrected chi connectivity index (χ1v) is 5.67. The van der Waals surface area contributed by atoms with Crippen molar-refractivity contribution in [2.24, 2.45) is 0 Å². The van der Waals surface area contributed by atoms with Crippen molar-refractivity contribution in [3.63, 3.8) is 0 Å². The van der Waals surface area contributed by atoms with Crippen LogP contribution in [0.25, 0.3) is 0 Å². The first-order valence-electron chi connectivity index (χ1n) is 5.67. The zero-order chi connectivity index (χ0) is 12.3. The lowest BCUT2D eigenvalue weighted by atomic mass is 9.96. The topological polar surface area (TPSA) is 54.3 Å². The molecule has 0 radical (unpaired) electrons. The van der Waals surface area contributed by atoms with Crippen molar-refractivity contribution in [1.29, 1.82) is 5.26 Å². The van der Waals surface area contributed by atoms with Crippen LogP contribution in [0.1, 0.15) is 17.5 Å². The van der Waals surface area contributed by atoms with Crippen molar-refractivity contribution in [1.82, 2.24) is 5.32 Å². The Morgan fingerprint density at radius 2 is 2.06 bits per heavy atom. The first-order chi connectivity index (χ1) is 8.28. The van der Waals surface area contributed by atoms with Gasteiger partial charge in [0.25, 0.3) is 0 Å². The highest BCUT2D eigenvalue weighted by molar-refractivity contribution is 5.52. The molecule has 1 atom stereocenters. The number of benzene rings is 1. The number of hydrogen-bond acceptors (Lipinski definition) is 4. The Labute approximate surface area is 101 Å². The molecule has 1 aliphatic heterocycles. The third-order valence-corrected chi connectivity index (χ3v) is 3.12. The molecule has 0 saturated carbocycles. The highest BCUT2D eigenvalue weighted by atomic mass is 16.5. The number of nitriles is 1. The van der Waals surface area contributed by atoms with Gasteiger partial charge >= 0.3 is 0 Å². The van der Waals surface area contributed by atoms with Crippen LogP contribution in [0.4, 0.5) is 0 Å². The molecule has 1 N–H and O–H groups in total. The second-order valence-corrected chi connectivity index (χ2v) is 4.12. The lowest BCUT2D eigenvalue weighted by Gasteiger charge is -2.28. The van der Waals surface area contributed by atoms with Gasteiger partial charge in [0.2, 0.25) is 0 Å². The molecule has 1 fully saturated rings. The van der Waals surface area contributed by atoms with Gasteiger partial charge in [-0.15, -0.1) is 0 Å². The average molecular weight is 232 g/mol. The van der Waals surface area contributed by atoms with Crippen LogP contribution in [0.2, 0.25) is 0 Å². The van der Waals surface area contributed by atoms with Gasteiger partial charge in [-0.3, -0.25) is 0 Å². The smallest absolute Gasteiger partial charge is 0.137 e. The van der Waals surface area contributed by atoms with E-state index in [1.54, 1.807) is 20.3 Å². The van der Waals surface area contributed by atoms with Crippen molar-refractivity contribution in [2.45, 2.75) is 18.9 Å². The molecule has 1 aromatic carbocycles. The van der Waals surface area contributed by atoms with Gasteiger partial charge in [0.05, 0.1) is 19.8 Å². The second kappa shape index (κ2) is 5.07. The normalized spacial score (nSPS) is 18.1. The standard InChI is InChI=1S/C13H16N2O2/c1-16-12-7-10(8-14)13(17-2)6-9(12)5-11-3-4-15-11/h6-7,11,15H,3-5H2,1-2H3. The number of rotatable bonds is 4. The second-order valence-electron chi connectivity index (χ2n) is 4.12. The van der Waals surface area contributed by atoms with E-state index in [1.165, 1.54) is 6.42 Å². The molecule has 1 heterocycles. The molecule has 0 aliphatic carbocycles. The molecule has 0 spiro atoms. The monoisotopic (exact) mass is 232 g/mol. The Hall–Kier alpha value is -1.73. The van der Waals surface area contributed by atoms with Gasteiger partial charge in [0, 0.05) is 12.1 Å². The summed E-state index contributed by atoms with van der Waals surface area (Å²) >= 11 is 0. The van der Waals surface area contributed by atoms with Gasteiger partial charge in [-0.1, -0.05) is 0 Å². The Morgan fingerprint density at radius 1 is 1.35 bits per heavy atom. The van der Waals surface area contributed by atoms with Crippen LogP contribution >= 0.6 is 0 Å². The summed E-state index contributed by atoms with van der Waals surface area (Å²) in [6, 6.07) is 6.27. The summed E-state index contributed by atoms with van der Waals surface area (Å²) in [5.41, 5.74) is 1.59. The van der Waals surface area contributed by atoms with E-state index < -0.39 is 0 Å².